The normalized spacial score (nSPS) is 12.0. The van der Waals surface area contributed by atoms with Gasteiger partial charge in [-0.2, -0.15) is 0 Å². The van der Waals surface area contributed by atoms with Gasteiger partial charge in [-0.1, -0.05) is 64.5 Å². The predicted octanol–water partition coefficient (Wildman–Crippen LogP) is 5.00. The summed E-state index contributed by atoms with van der Waals surface area (Å²) in [5.74, 6) is -0.465. The van der Waals surface area contributed by atoms with Crippen LogP contribution < -0.4 is 9.62 Å². The zero-order valence-electron chi connectivity index (χ0n) is 22.9. The van der Waals surface area contributed by atoms with Crippen LogP contribution in [0.4, 0.5) is 5.69 Å². The van der Waals surface area contributed by atoms with Crippen LogP contribution in [0, 0.1) is 13.8 Å². The molecule has 9 heteroatoms. The molecule has 0 aromatic heterocycles. The maximum atomic E-state index is 13.7. The maximum Gasteiger partial charge on any atom is 0.242 e. The van der Waals surface area contributed by atoms with E-state index in [0.29, 0.717) is 18.5 Å². The zero-order chi connectivity index (χ0) is 28.6. The van der Waals surface area contributed by atoms with Crippen LogP contribution in [0.15, 0.2) is 77.3 Å². The van der Waals surface area contributed by atoms with Crippen molar-refractivity contribution in [3.05, 3.63) is 99.5 Å². The van der Waals surface area contributed by atoms with Gasteiger partial charge in [0.05, 0.1) is 11.9 Å². The average molecular weight is 615 g/mol. The summed E-state index contributed by atoms with van der Waals surface area (Å²) in [6.07, 6.45) is 1.93. The third-order valence-electron chi connectivity index (χ3n) is 6.71. The van der Waals surface area contributed by atoms with Gasteiger partial charge in [-0.25, -0.2) is 8.42 Å². The van der Waals surface area contributed by atoms with E-state index >= 15 is 0 Å². The van der Waals surface area contributed by atoms with Crippen LogP contribution in [0.2, 0.25) is 0 Å². The topological polar surface area (TPSA) is 86.8 Å². The Morgan fingerprint density at radius 3 is 2.18 bits per heavy atom. The minimum Gasteiger partial charge on any atom is -0.357 e. The lowest BCUT2D eigenvalue weighted by Crippen LogP contribution is -2.49. The number of anilines is 1. The first-order valence-electron chi connectivity index (χ1n) is 12.8. The van der Waals surface area contributed by atoms with Crippen molar-refractivity contribution < 1.29 is 18.0 Å². The number of sulfonamides is 1. The average Bonchev–Trinajstić information content (AvgIpc) is 2.90. The highest BCUT2D eigenvalue weighted by Crippen LogP contribution is 2.23. The molecule has 0 radical (unpaired) electrons. The van der Waals surface area contributed by atoms with Crippen molar-refractivity contribution in [3.8, 4) is 0 Å². The van der Waals surface area contributed by atoms with E-state index in [1.54, 1.807) is 18.0 Å². The van der Waals surface area contributed by atoms with Gasteiger partial charge in [0.2, 0.25) is 21.8 Å². The van der Waals surface area contributed by atoms with Crippen LogP contribution in [0.5, 0.6) is 0 Å². The lowest BCUT2D eigenvalue weighted by atomic mass is 10.0. The van der Waals surface area contributed by atoms with E-state index in [1.807, 2.05) is 80.6 Å². The highest BCUT2D eigenvalue weighted by Gasteiger charge is 2.30. The number of aryl methyl sites for hydroxylation is 2. The molecule has 208 valence electrons. The van der Waals surface area contributed by atoms with E-state index < -0.39 is 16.1 Å². The summed E-state index contributed by atoms with van der Waals surface area (Å²) >= 11 is 3.44. The predicted molar refractivity (Wildman–Crippen MR) is 160 cm³/mol. The van der Waals surface area contributed by atoms with Gasteiger partial charge in [0, 0.05) is 37.5 Å². The highest BCUT2D eigenvalue weighted by atomic mass is 79.9. The van der Waals surface area contributed by atoms with Gasteiger partial charge in [-0.05, 0) is 66.8 Å². The first kappa shape index (κ1) is 30.4. The second-order valence-electron chi connectivity index (χ2n) is 9.68. The number of hydrogen-bond acceptors (Lipinski definition) is 4. The fraction of sp³-hybridized carbons (Fsp3) is 0.333. The summed E-state index contributed by atoms with van der Waals surface area (Å²) in [6.45, 7) is 4.32. The van der Waals surface area contributed by atoms with Gasteiger partial charge in [0.25, 0.3) is 0 Å². The Balaban J connectivity index is 1.84. The summed E-state index contributed by atoms with van der Waals surface area (Å²) in [5, 5.41) is 2.71. The van der Waals surface area contributed by atoms with Crippen LogP contribution in [0.3, 0.4) is 0 Å². The largest absolute Gasteiger partial charge is 0.357 e. The Morgan fingerprint density at radius 1 is 0.923 bits per heavy atom. The minimum absolute atomic E-state index is 0.0929. The highest BCUT2D eigenvalue weighted by molar-refractivity contribution is 9.10. The van der Waals surface area contributed by atoms with E-state index in [2.05, 4.69) is 21.2 Å². The van der Waals surface area contributed by atoms with Crippen molar-refractivity contribution in [3.63, 3.8) is 0 Å². The Labute approximate surface area is 240 Å². The number of amides is 2. The summed E-state index contributed by atoms with van der Waals surface area (Å²) in [6, 6.07) is 22.0. The van der Waals surface area contributed by atoms with E-state index in [-0.39, 0.29) is 31.3 Å². The molecule has 0 saturated carbocycles. The number of nitrogens with one attached hydrogen (secondary N) is 1. The summed E-state index contributed by atoms with van der Waals surface area (Å²) in [7, 11) is -1.99. The van der Waals surface area contributed by atoms with E-state index in [9.17, 15) is 18.0 Å². The van der Waals surface area contributed by atoms with Crippen molar-refractivity contribution in [1.29, 1.82) is 0 Å². The third-order valence-corrected chi connectivity index (χ3v) is 8.44. The van der Waals surface area contributed by atoms with Crippen LogP contribution in [0.1, 0.15) is 35.1 Å². The Morgan fingerprint density at radius 2 is 1.59 bits per heavy atom. The summed E-state index contributed by atoms with van der Waals surface area (Å²) < 4.78 is 27.5. The van der Waals surface area contributed by atoms with Gasteiger partial charge in [0.1, 0.15) is 6.04 Å². The third kappa shape index (κ3) is 8.66. The second-order valence-corrected chi connectivity index (χ2v) is 12.5. The van der Waals surface area contributed by atoms with Crippen LogP contribution in [-0.2, 0) is 32.6 Å². The smallest absolute Gasteiger partial charge is 0.242 e. The van der Waals surface area contributed by atoms with Gasteiger partial charge < -0.3 is 10.2 Å². The van der Waals surface area contributed by atoms with Gasteiger partial charge in [-0.3, -0.25) is 13.9 Å². The maximum absolute atomic E-state index is 13.7. The van der Waals surface area contributed by atoms with E-state index in [4.69, 9.17) is 0 Å². The molecular weight excluding hydrogens is 578 g/mol. The molecule has 2 amide bonds. The molecule has 3 aromatic rings. The Kier molecular flexibility index (Phi) is 10.7. The lowest BCUT2D eigenvalue weighted by Gasteiger charge is -2.31. The molecule has 7 nitrogen and oxygen atoms in total. The molecule has 0 unspecified atom stereocenters. The molecule has 3 aromatic carbocycles. The molecule has 39 heavy (non-hydrogen) atoms. The van der Waals surface area contributed by atoms with Gasteiger partial charge >= 0.3 is 0 Å². The number of carbonyl (C=O) groups is 2. The molecule has 0 aliphatic heterocycles. The molecular formula is C30H36BrN3O4S. The fourth-order valence-corrected chi connectivity index (χ4v) is 5.61. The molecule has 0 bridgehead atoms. The second kappa shape index (κ2) is 13.8. The monoisotopic (exact) mass is 613 g/mol. The molecule has 0 fully saturated rings. The fourth-order valence-electron chi connectivity index (χ4n) is 4.39. The Hall–Kier alpha value is -3.17. The number of hydrogen-bond donors (Lipinski definition) is 1. The molecule has 1 N–H and O–H groups in total. The van der Waals surface area contributed by atoms with Gasteiger partial charge in [0.15, 0.2) is 0 Å². The number of carbonyl (C=O) groups excluding carboxylic acids is 2. The number of likely N-dealkylation sites (N-methyl/N-ethyl adjacent to an activating group) is 1. The lowest BCUT2D eigenvalue weighted by molar-refractivity contribution is -0.141. The first-order valence-corrected chi connectivity index (χ1v) is 15.5. The summed E-state index contributed by atoms with van der Waals surface area (Å²) in [4.78, 5) is 28.4. The summed E-state index contributed by atoms with van der Waals surface area (Å²) in [5.41, 5.74) is 4.48. The van der Waals surface area contributed by atoms with Crippen molar-refractivity contribution in [2.75, 3.05) is 24.2 Å². The molecule has 0 heterocycles. The minimum atomic E-state index is -3.55. The number of halogens is 1. The zero-order valence-corrected chi connectivity index (χ0v) is 25.3. The number of rotatable bonds is 12. The first-order chi connectivity index (χ1) is 18.5. The standard InChI is InChI=1S/C30H36BrN3O4S/c1-22-12-17-27(19-23(22)2)34(39(4,37)38)18-8-11-29(35)33(21-25-13-15-26(31)16-14-25)28(30(36)32-3)20-24-9-6-5-7-10-24/h5-7,9-10,12-17,19,28H,8,11,18,20-21H2,1-4H3,(H,32,36)/t28-/m0/s1. The SMILES string of the molecule is CNC(=O)[C@H](Cc1ccccc1)N(Cc1ccc(Br)cc1)C(=O)CCCN(c1ccc(C)c(C)c1)S(C)(=O)=O. The van der Waals surface area contributed by atoms with Crippen LogP contribution in [-0.4, -0.2) is 51.0 Å². The number of nitrogens with zero attached hydrogens (tertiary/aromatic N) is 2. The van der Waals surface area contributed by atoms with Crippen LogP contribution >= 0.6 is 15.9 Å². The molecule has 1 atom stereocenters. The molecule has 0 saturated heterocycles. The van der Waals surface area contributed by atoms with Gasteiger partial charge in [-0.15, -0.1) is 0 Å². The van der Waals surface area contributed by atoms with Crippen molar-refractivity contribution >= 4 is 43.5 Å². The van der Waals surface area contributed by atoms with Crippen molar-refractivity contribution in [1.82, 2.24) is 10.2 Å². The number of benzene rings is 3. The Bertz CT molecular complexity index is 1380. The van der Waals surface area contributed by atoms with Crippen LogP contribution in [0.25, 0.3) is 0 Å². The molecule has 0 spiro atoms. The molecule has 0 aliphatic rings. The quantitative estimate of drug-likeness (QED) is 0.311. The van der Waals surface area contributed by atoms with E-state index in [0.717, 1.165) is 26.7 Å². The molecule has 0 aliphatic carbocycles. The van der Waals surface area contributed by atoms with E-state index in [1.165, 1.54) is 10.6 Å². The van der Waals surface area contributed by atoms with Crippen molar-refractivity contribution in [2.45, 2.75) is 45.7 Å². The van der Waals surface area contributed by atoms with Crippen molar-refractivity contribution in [2.24, 2.45) is 0 Å². The molecule has 3 rings (SSSR count).